The third kappa shape index (κ3) is 5.60. The predicted octanol–water partition coefficient (Wildman–Crippen LogP) is 3.13. The maximum absolute atomic E-state index is 12.5. The van der Waals surface area contributed by atoms with E-state index in [1.807, 2.05) is 6.92 Å². The molecule has 1 N–H and O–H groups in total. The van der Waals surface area contributed by atoms with E-state index in [4.69, 9.17) is 4.52 Å². The summed E-state index contributed by atoms with van der Waals surface area (Å²) in [6.07, 6.45) is 0.260. The third-order valence-corrected chi connectivity index (χ3v) is 5.98. The second-order valence-corrected chi connectivity index (χ2v) is 8.85. The van der Waals surface area contributed by atoms with E-state index in [0.717, 1.165) is 5.56 Å². The van der Waals surface area contributed by atoms with Crippen LogP contribution >= 0.6 is 0 Å². The first-order valence-electron chi connectivity index (χ1n) is 9.25. The van der Waals surface area contributed by atoms with Gasteiger partial charge in [0.25, 0.3) is 0 Å². The van der Waals surface area contributed by atoms with Gasteiger partial charge in [0.1, 0.15) is 5.75 Å². The van der Waals surface area contributed by atoms with Crippen molar-refractivity contribution in [3.05, 3.63) is 71.4 Å². The Morgan fingerprint density at radius 2 is 1.70 bits per heavy atom. The molecule has 30 heavy (non-hydrogen) atoms. The van der Waals surface area contributed by atoms with Crippen LogP contribution in [-0.4, -0.2) is 30.2 Å². The molecular formula is C21H21N3O5S. The van der Waals surface area contributed by atoms with Gasteiger partial charge >= 0.3 is 0 Å². The Hall–Kier alpha value is -3.33. The highest BCUT2D eigenvalue weighted by molar-refractivity contribution is 7.90. The third-order valence-electron chi connectivity index (χ3n) is 4.35. The number of nitrogens with zero attached hydrogens (tertiary/aromatic N) is 2. The Kier molecular flexibility index (Phi) is 6.41. The molecule has 1 heterocycles. The molecule has 0 bridgehead atoms. The number of Topliss-reactive ketones (excluding diaryl/α,β-unsaturated/α-hetero) is 1. The number of anilines is 1. The standard InChI is InChI=1S/C21H21N3O5S/c1-14-3-9-18(10-4-14)30(27,28)13-19-23-21(29-24-19)12-11-20(26)22-17-7-5-16(6-8-17)15(2)25/h3-10H,11-13H2,1-2H3,(H,22,26). The van der Waals surface area contributed by atoms with Crippen LogP contribution < -0.4 is 5.32 Å². The maximum atomic E-state index is 12.5. The van der Waals surface area contributed by atoms with Crippen LogP contribution in [0.3, 0.4) is 0 Å². The van der Waals surface area contributed by atoms with Gasteiger partial charge in [-0.15, -0.1) is 0 Å². The molecule has 0 atom stereocenters. The van der Waals surface area contributed by atoms with E-state index in [-0.39, 0.29) is 46.9 Å². The lowest BCUT2D eigenvalue weighted by molar-refractivity contribution is -0.116. The van der Waals surface area contributed by atoms with Gasteiger partial charge in [0.15, 0.2) is 21.4 Å². The van der Waals surface area contributed by atoms with Crippen LogP contribution in [0.5, 0.6) is 0 Å². The lowest BCUT2D eigenvalue weighted by atomic mass is 10.1. The predicted molar refractivity (Wildman–Crippen MR) is 110 cm³/mol. The van der Waals surface area contributed by atoms with Crippen molar-refractivity contribution in [3.63, 3.8) is 0 Å². The number of nitrogens with one attached hydrogen (secondary N) is 1. The van der Waals surface area contributed by atoms with E-state index >= 15 is 0 Å². The lowest BCUT2D eigenvalue weighted by Gasteiger charge is -2.04. The van der Waals surface area contributed by atoms with E-state index in [1.54, 1.807) is 48.5 Å². The number of hydrogen-bond donors (Lipinski definition) is 1. The van der Waals surface area contributed by atoms with Crippen LogP contribution in [0.15, 0.2) is 57.9 Å². The molecular weight excluding hydrogens is 406 g/mol. The van der Waals surface area contributed by atoms with E-state index in [9.17, 15) is 18.0 Å². The van der Waals surface area contributed by atoms with Crippen molar-refractivity contribution in [3.8, 4) is 0 Å². The molecule has 9 heteroatoms. The zero-order valence-corrected chi connectivity index (χ0v) is 17.4. The molecule has 3 aromatic rings. The average molecular weight is 427 g/mol. The number of ketones is 1. The molecule has 1 amide bonds. The summed E-state index contributed by atoms with van der Waals surface area (Å²) >= 11 is 0. The van der Waals surface area contributed by atoms with Gasteiger partial charge in [-0.25, -0.2) is 8.42 Å². The maximum Gasteiger partial charge on any atom is 0.227 e. The van der Waals surface area contributed by atoms with Gasteiger partial charge in [-0.3, -0.25) is 9.59 Å². The van der Waals surface area contributed by atoms with Gasteiger partial charge in [-0.2, -0.15) is 4.98 Å². The molecule has 0 saturated heterocycles. The summed E-state index contributed by atoms with van der Waals surface area (Å²) in [4.78, 5) is 27.6. The minimum atomic E-state index is -3.59. The normalized spacial score (nSPS) is 11.3. The van der Waals surface area contributed by atoms with E-state index in [1.165, 1.54) is 6.92 Å². The largest absolute Gasteiger partial charge is 0.339 e. The second-order valence-electron chi connectivity index (χ2n) is 6.86. The Morgan fingerprint density at radius 3 is 2.33 bits per heavy atom. The number of hydrogen-bond acceptors (Lipinski definition) is 7. The van der Waals surface area contributed by atoms with Crippen LogP contribution in [0.1, 0.15) is 41.0 Å². The molecule has 0 aliphatic rings. The van der Waals surface area contributed by atoms with Gasteiger partial charge < -0.3 is 9.84 Å². The van der Waals surface area contributed by atoms with E-state index in [2.05, 4.69) is 15.5 Å². The number of aromatic nitrogens is 2. The van der Waals surface area contributed by atoms with Crippen molar-refractivity contribution >= 4 is 27.2 Å². The molecule has 3 rings (SSSR count). The highest BCUT2D eigenvalue weighted by Crippen LogP contribution is 2.16. The fraction of sp³-hybridized carbons (Fsp3) is 0.238. The highest BCUT2D eigenvalue weighted by atomic mass is 32.2. The van der Waals surface area contributed by atoms with Crippen LogP contribution in [0.25, 0.3) is 0 Å². The first-order chi connectivity index (χ1) is 14.2. The van der Waals surface area contributed by atoms with Crippen molar-refractivity contribution in [2.75, 3.05) is 5.32 Å². The van der Waals surface area contributed by atoms with Gasteiger partial charge in [-0.05, 0) is 50.2 Å². The molecule has 2 aromatic carbocycles. The Labute approximate surface area is 174 Å². The van der Waals surface area contributed by atoms with Crippen LogP contribution in [0.2, 0.25) is 0 Å². The summed E-state index contributed by atoms with van der Waals surface area (Å²) in [6, 6.07) is 13.1. The molecule has 156 valence electrons. The van der Waals surface area contributed by atoms with Gasteiger partial charge in [0.2, 0.25) is 11.8 Å². The number of aryl methyl sites for hydroxylation is 2. The molecule has 0 aliphatic carbocycles. The summed E-state index contributed by atoms with van der Waals surface area (Å²) in [5.74, 6) is -0.465. The Bertz CT molecular complexity index is 1150. The molecule has 8 nitrogen and oxygen atoms in total. The number of carbonyl (C=O) groups excluding carboxylic acids is 2. The van der Waals surface area contributed by atoms with Crippen molar-refractivity contribution in [1.29, 1.82) is 0 Å². The zero-order chi connectivity index (χ0) is 21.7. The fourth-order valence-corrected chi connectivity index (χ4v) is 3.86. The van der Waals surface area contributed by atoms with Gasteiger partial charge in [0, 0.05) is 24.1 Å². The monoisotopic (exact) mass is 427 g/mol. The summed E-state index contributed by atoms with van der Waals surface area (Å²) in [7, 11) is -3.59. The molecule has 0 unspecified atom stereocenters. The molecule has 0 fully saturated rings. The van der Waals surface area contributed by atoms with Crippen molar-refractivity contribution in [1.82, 2.24) is 10.1 Å². The van der Waals surface area contributed by atoms with E-state index in [0.29, 0.717) is 11.3 Å². The quantitative estimate of drug-likeness (QED) is 0.549. The molecule has 1 aromatic heterocycles. The zero-order valence-electron chi connectivity index (χ0n) is 16.6. The van der Waals surface area contributed by atoms with Crippen molar-refractivity contribution < 1.29 is 22.5 Å². The first kappa shape index (κ1) is 21.4. The number of amides is 1. The first-order valence-corrected chi connectivity index (χ1v) is 10.9. The molecule has 0 radical (unpaired) electrons. The summed E-state index contributed by atoms with van der Waals surface area (Å²) in [5.41, 5.74) is 2.09. The average Bonchev–Trinajstić information content (AvgIpc) is 3.14. The topological polar surface area (TPSA) is 119 Å². The Morgan fingerprint density at radius 1 is 1.03 bits per heavy atom. The fourth-order valence-electron chi connectivity index (χ4n) is 2.68. The van der Waals surface area contributed by atoms with Crippen molar-refractivity contribution in [2.45, 2.75) is 37.3 Å². The van der Waals surface area contributed by atoms with Crippen LogP contribution in [0.4, 0.5) is 5.69 Å². The highest BCUT2D eigenvalue weighted by Gasteiger charge is 2.19. The SMILES string of the molecule is CC(=O)c1ccc(NC(=O)CCc2nc(CS(=O)(=O)c3ccc(C)cc3)no2)cc1. The van der Waals surface area contributed by atoms with Crippen LogP contribution in [-0.2, 0) is 26.8 Å². The summed E-state index contributed by atoms with van der Waals surface area (Å²) in [6.45, 7) is 3.34. The van der Waals surface area contributed by atoms with Crippen LogP contribution in [0, 0.1) is 6.92 Å². The lowest BCUT2D eigenvalue weighted by Crippen LogP contribution is -2.12. The molecule has 0 saturated carbocycles. The number of sulfone groups is 1. The minimum absolute atomic E-state index is 0.0470. The number of benzene rings is 2. The van der Waals surface area contributed by atoms with Crippen molar-refractivity contribution in [2.24, 2.45) is 0 Å². The van der Waals surface area contributed by atoms with Gasteiger partial charge in [0.05, 0.1) is 4.90 Å². The summed E-state index contributed by atoms with van der Waals surface area (Å²) in [5, 5.41) is 6.42. The summed E-state index contributed by atoms with van der Waals surface area (Å²) < 4.78 is 30.0. The number of carbonyl (C=O) groups is 2. The molecule has 0 aliphatic heterocycles. The van der Waals surface area contributed by atoms with Gasteiger partial charge in [-0.1, -0.05) is 22.9 Å². The smallest absolute Gasteiger partial charge is 0.227 e. The number of rotatable bonds is 8. The second kappa shape index (κ2) is 9.00. The Balaban J connectivity index is 1.54. The van der Waals surface area contributed by atoms with E-state index < -0.39 is 9.84 Å². The minimum Gasteiger partial charge on any atom is -0.339 e. The molecule has 0 spiro atoms.